The molecule has 0 aromatic carbocycles. The fraction of sp³-hybridized carbons (Fsp3) is 0.364. The van der Waals surface area contributed by atoms with Crippen molar-refractivity contribution < 1.29 is 27.9 Å². The lowest BCUT2D eigenvalue weighted by atomic mass is 10.2. The molecule has 0 fully saturated rings. The zero-order valence-corrected chi connectivity index (χ0v) is 9.70. The lowest BCUT2D eigenvalue weighted by Gasteiger charge is -2.07. The minimum Gasteiger partial charge on any atom is -0.477 e. The summed E-state index contributed by atoms with van der Waals surface area (Å²) in [5.41, 5.74) is -0.120. The van der Waals surface area contributed by atoms with Crippen molar-refractivity contribution in [3.8, 4) is 0 Å². The van der Waals surface area contributed by atoms with Crippen molar-refractivity contribution in [2.45, 2.75) is 19.0 Å². The molecule has 1 aromatic rings. The van der Waals surface area contributed by atoms with E-state index in [1.165, 1.54) is 6.07 Å². The Kier molecular flexibility index (Phi) is 4.85. The maximum Gasteiger partial charge on any atom is 0.389 e. The fourth-order valence-electron chi connectivity index (χ4n) is 1.25. The quantitative estimate of drug-likeness (QED) is 0.804. The molecule has 1 aromatic heterocycles. The van der Waals surface area contributed by atoms with E-state index in [2.05, 4.69) is 10.3 Å². The Labute approximate surface area is 106 Å². The lowest BCUT2D eigenvalue weighted by Crippen LogP contribution is -2.25. The molecule has 1 heterocycles. The van der Waals surface area contributed by atoms with E-state index >= 15 is 0 Å². The number of alkyl halides is 3. The average molecular weight is 276 g/mol. The van der Waals surface area contributed by atoms with Crippen LogP contribution >= 0.6 is 0 Å². The molecule has 0 bridgehead atoms. The van der Waals surface area contributed by atoms with Crippen LogP contribution in [-0.4, -0.2) is 34.7 Å². The van der Waals surface area contributed by atoms with Gasteiger partial charge in [-0.15, -0.1) is 0 Å². The van der Waals surface area contributed by atoms with E-state index in [9.17, 15) is 22.8 Å². The highest BCUT2D eigenvalue weighted by Crippen LogP contribution is 2.20. The monoisotopic (exact) mass is 276 g/mol. The van der Waals surface area contributed by atoms with Crippen LogP contribution in [0, 0.1) is 0 Å². The lowest BCUT2D eigenvalue weighted by molar-refractivity contribution is -0.135. The predicted octanol–water partition coefficient (Wildman–Crippen LogP) is 1.85. The number of amides is 1. The number of pyridine rings is 1. The van der Waals surface area contributed by atoms with Crippen molar-refractivity contribution in [3.63, 3.8) is 0 Å². The van der Waals surface area contributed by atoms with Gasteiger partial charge in [-0.05, 0) is 18.6 Å². The highest BCUT2D eigenvalue weighted by Gasteiger charge is 2.26. The first kappa shape index (κ1) is 14.9. The van der Waals surface area contributed by atoms with Gasteiger partial charge in [0.15, 0.2) is 0 Å². The van der Waals surface area contributed by atoms with E-state index in [4.69, 9.17) is 5.11 Å². The molecular weight excluding hydrogens is 265 g/mol. The third-order valence-corrected chi connectivity index (χ3v) is 2.17. The van der Waals surface area contributed by atoms with E-state index in [1.54, 1.807) is 0 Å². The number of carbonyl (C=O) groups is 2. The van der Waals surface area contributed by atoms with Crippen molar-refractivity contribution in [3.05, 3.63) is 29.6 Å². The summed E-state index contributed by atoms with van der Waals surface area (Å²) in [6.45, 7) is -0.112. The molecule has 19 heavy (non-hydrogen) atoms. The van der Waals surface area contributed by atoms with Crippen LogP contribution in [0.2, 0.25) is 0 Å². The second-order valence-electron chi connectivity index (χ2n) is 3.71. The van der Waals surface area contributed by atoms with E-state index in [0.29, 0.717) is 0 Å². The molecular formula is C11H11F3N2O3. The molecule has 0 aliphatic rings. The average Bonchev–Trinajstić information content (AvgIpc) is 2.33. The molecule has 0 aliphatic carbocycles. The Morgan fingerprint density at radius 1 is 1.32 bits per heavy atom. The topological polar surface area (TPSA) is 79.3 Å². The second-order valence-corrected chi connectivity index (χ2v) is 3.71. The molecule has 0 saturated heterocycles. The van der Waals surface area contributed by atoms with Gasteiger partial charge in [-0.3, -0.25) is 4.79 Å². The van der Waals surface area contributed by atoms with Crippen LogP contribution in [0.5, 0.6) is 0 Å². The maximum absolute atomic E-state index is 11.8. The Bertz CT molecular complexity index is 457. The van der Waals surface area contributed by atoms with Gasteiger partial charge >= 0.3 is 12.1 Å². The first-order valence-electron chi connectivity index (χ1n) is 5.34. The number of rotatable bonds is 5. The molecule has 0 saturated carbocycles. The number of carboxylic acid groups (broad SMARTS) is 1. The van der Waals surface area contributed by atoms with Gasteiger partial charge in [-0.25, -0.2) is 9.78 Å². The number of hydrogen-bond acceptors (Lipinski definition) is 3. The summed E-state index contributed by atoms with van der Waals surface area (Å²) in [5, 5.41) is 10.9. The summed E-state index contributed by atoms with van der Waals surface area (Å²) in [7, 11) is 0. The van der Waals surface area contributed by atoms with Crippen molar-refractivity contribution in [1.29, 1.82) is 0 Å². The number of hydrogen-bond donors (Lipinski definition) is 2. The van der Waals surface area contributed by atoms with Crippen LogP contribution in [0.15, 0.2) is 18.3 Å². The predicted molar refractivity (Wildman–Crippen MR) is 58.8 cm³/mol. The smallest absolute Gasteiger partial charge is 0.389 e. The SMILES string of the molecule is O=C(NCCCC(F)(F)F)c1ccc(C(=O)O)nc1. The summed E-state index contributed by atoms with van der Waals surface area (Å²) in [6.07, 6.45) is -4.36. The van der Waals surface area contributed by atoms with Gasteiger partial charge in [0.05, 0.1) is 5.56 Å². The standard InChI is InChI=1S/C11H11F3N2O3/c12-11(13,14)4-1-5-15-9(17)7-2-3-8(10(18)19)16-6-7/h2-3,6H,1,4-5H2,(H,15,17)(H,18,19). The van der Waals surface area contributed by atoms with Crippen LogP contribution < -0.4 is 5.32 Å². The Morgan fingerprint density at radius 2 is 2.00 bits per heavy atom. The summed E-state index contributed by atoms with van der Waals surface area (Å²) >= 11 is 0. The largest absolute Gasteiger partial charge is 0.477 e. The maximum atomic E-state index is 11.8. The molecule has 1 rings (SSSR count). The van der Waals surface area contributed by atoms with Gasteiger partial charge in [-0.2, -0.15) is 13.2 Å². The third kappa shape index (κ3) is 5.36. The third-order valence-electron chi connectivity index (χ3n) is 2.17. The highest BCUT2D eigenvalue weighted by atomic mass is 19.4. The van der Waals surface area contributed by atoms with E-state index in [-0.39, 0.29) is 24.2 Å². The second kappa shape index (κ2) is 6.17. The molecule has 2 N–H and O–H groups in total. The van der Waals surface area contributed by atoms with Crippen molar-refractivity contribution in [2.75, 3.05) is 6.54 Å². The molecule has 0 spiro atoms. The molecule has 0 radical (unpaired) electrons. The Hall–Kier alpha value is -2.12. The molecule has 1 amide bonds. The zero-order valence-electron chi connectivity index (χ0n) is 9.70. The van der Waals surface area contributed by atoms with E-state index in [1.807, 2.05) is 0 Å². The summed E-state index contributed by atoms with van der Waals surface area (Å²) in [5.74, 6) is -1.82. The molecule has 0 atom stereocenters. The molecule has 5 nitrogen and oxygen atoms in total. The summed E-state index contributed by atoms with van der Waals surface area (Å²) < 4.78 is 35.5. The van der Waals surface area contributed by atoms with Gasteiger partial charge in [0.2, 0.25) is 0 Å². The van der Waals surface area contributed by atoms with Crippen molar-refractivity contribution in [2.24, 2.45) is 0 Å². The first-order chi connectivity index (χ1) is 8.79. The van der Waals surface area contributed by atoms with Gasteiger partial charge < -0.3 is 10.4 Å². The molecule has 104 valence electrons. The number of aromatic nitrogens is 1. The normalized spacial score (nSPS) is 11.1. The fourth-order valence-corrected chi connectivity index (χ4v) is 1.25. The van der Waals surface area contributed by atoms with Gasteiger partial charge in [0.1, 0.15) is 5.69 Å². The van der Waals surface area contributed by atoms with E-state index in [0.717, 1.165) is 12.3 Å². The number of carboxylic acids is 1. The highest BCUT2D eigenvalue weighted by molar-refractivity contribution is 5.94. The number of nitrogens with zero attached hydrogens (tertiary/aromatic N) is 1. The van der Waals surface area contributed by atoms with E-state index < -0.39 is 24.5 Å². The summed E-state index contributed by atoms with van der Waals surface area (Å²) in [6, 6.07) is 2.39. The van der Waals surface area contributed by atoms with Crippen molar-refractivity contribution >= 4 is 11.9 Å². The van der Waals surface area contributed by atoms with Crippen LogP contribution in [-0.2, 0) is 0 Å². The molecule has 8 heteroatoms. The van der Waals surface area contributed by atoms with Gasteiger partial charge in [-0.1, -0.05) is 0 Å². The zero-order chi connectivity index (χ0) is 14.5. The number of halogens is 3. The van der Waals surface area contributed by atoms with Gasteiger partial charge in [0, 0.05) is 19.2 Å². The summed E-state index contributed by atoms with van der Waals surface area (Å²) in [4.78, 5) is 25.5. The number of carbonyl (C=O) groups excluding carboxylic acids is 1. The minimum atomic E-state index is -4.24. The molecule has 0 unspecified atom stereocenters. The number of aromatic carboxylic acids is 1. The van der Waals surface area contributed by atoms with Crippen LogP contribution in [0.1, 0.15) is 33.7 Å². The Morgan fingerprint density at radius 3 is 2.47 bits per heavy atom. The number of nitrogens with one attached hydrogen (secondary N) is 1. The first-order valence-corrected chi connectivity index (χ1v) is 5.34. The minimum absolute atomic E-state index is 0.0945. The van der Waals surface area contributed by atoms with Crippen LogP contribution in [0.25, 0.3) is 0 Å². The Balaban J connectivity index is 2.43. The van der Waals surface area contributed by atoms with Gasteiger partial charge in [0.25, 0.3) is 5.91 Å². The van der Waals surface area contributed by atoms with Crippen LogP contribution in [0.3, 0.4) is 0 Å². The van der Waals surface area contributed by atoms with Crippen molar-refractivity contribution in [1.82, 2.24) is 10.3 Å². The van der Waals surface area contributed by atoms with Crippen LogP contribution in [0.4, 0.5) is 13.2 Å². The molecule has 0 aliphatic heterocycles.